The van der Waals surface area contributed by atoms with Crippen LogP contribution in [0, 0.1) is 0 Å². The minimum atomic E-state index is -1.36. The van der Waals surface area contributed by atoms with Gasteiger partial charge in [0.15, 0.2) is 0 Å². The van der Waals surface area contributed by atoms with Gasteiger partial charge in [-0.05, 0) is 71.8 Å². The molecule has 0 amide bonds. The van der Waals surface area contributed by atoms with Crippen LogP contribution in [0.1, 0.15) is 52.6 Å². The molecule has 0 aliphatic rings. The number of aromatic carboxylic acids is 2. The molecule has 10 nitrogen and oxygen atoms in total. The Balaban J connectivity index is 1.51. The quantitative estimate of drug-likeness (QED) is 0.180. The maximum atomic E-state index is 12.8. The average molecular weight is 575 g/mol. The summed E-state index contributed by atoms with van der Waals surface area (Å²) < 4.78 is 10.5. The number of carboxylic acids is 2. The van der Waals surface area contributed by atoms with Crippen molar-refractivity contribution in [3.05, 3.63) is 118 Å². The lowest BCUT2D eigenvalue weighted by atomic mass is 10.1. The smallest absolute Gasteiger partial charge is 0.339 e. The maximum absolute atomic E-state index is 12.8. The molecule has 0 atom stereocenters. The van der Waals surface area contributed by atoms with E-state index in [1.165, 1.54) is 60.7 Å². The molecule has 41 heavy (non-hydrogen) atoms. The Kier molecular flexibility index (Phi) is 8.90. The van der Waals surface area contributed by atoms with Crippen LogP contribution in [0.2, 0.25) is 0 Å². The minimum absolute atomic E-state index is 0.0445. The monoisotopic (exact) mass is 574 g/mol. The van der Waals surface area contributed by atoms with Crippen molar-refractivity contribution in [1.29, 1.82) is 0 Å². The van der Waals surface area contributed by atoms with E-state index in [0.29, 0.717) is 20.9 Å². The van der Waals surface area contributed by atoms with Crippen molar-refractivity contribution in [1.82, 2.24) is 0 Å². The van der Waals surface area contributed by atoms with Crippen molar-refractivity contribution < 1.29 is 49.1 Å². The highest BCUT2D eigenvalue weighted by atomic mass is 32.2. The van der Waals surface area contributed by atoms with Crippen molar-refractivity contribution >= 4 is 35.6 Å². The van der Waals surface area contributed by atoms with E-state index in [0.717, 1.165) is 11.8 Å². The van der Waals surface area contributed by atoms with Gasteiger partial charge >= 0.3 is 23.9 Å². The van der Waals surface area contributed by atoms with Crippen LogP contribution >= 0.6 is 11.8 Å². The highest BCUT2D eigenvalue weighted by molar-refractivity contribution is 7.99. The lowest BCUT2D eigenvalue weighted by molar-refractivity contribution is 0.0457. The van der Waals surface area contributed by atoms with Gasteiger partial charge in [0, 0.05) is 9.79 Å². The predicted molar refractivity (Wildman–Crippen MR) is 145 cm³/mol. The van der Waals surface area contributed by atoms with Gasteiger partial charge in [-0.15, -0.1) is 0 Å². The van der Waals surface area contributed by atoms with Gasteiger partial charge < -0.3 is 29.9 Å². The molecule has 0 heterocycles. The Labute approximate surface area is 237 Å². The molecule has 0 saturated heterocycles. The third kappa shape index (κ3) is 7.43. The van der Waals surface area contributed by atoms with E-state index < -0.39 is 23.9 Å². The zero-order chi connectivity index (χ0) is 29.5. The predicted octanol–water partition coefficient (Wildman–Crippen LogP) is 5.36. The molecule has 0 radical (unpaired) electrons. The lowest BCUT2D eigenvalue weighted by Gasteiger charge is -2.11. The van der Waals surface area contributed by atoms with Crippen molar-refractivity contribution in [2.24, 2.45) is 0 Å². The molecule has 4 aromatic rings. The Morgan fingerprint density at radius 1 is 0.537 bits per heavy atom. The van der Waals surface area contributed by atoms with Crippen LogP contribution in [0.15, 0.2) is 94.7 Å². The number of carboxylic acid groups (broad SMARTS) is 2. The molecule has 11 heteroatoms. The maximum Gasteiger partial charge on any atom is 0.339 e. The highest BCUT2D eigenvalue weighted by Gasteiger charge is 2.21. The molecule has 208 valence electrons. The SMILES string of the molecule is O=C(O)c1cc(Sc2ccc(C(=O)O)c(C(=O)OCc3ccc(O)cc3)c2)ccc1C(=O)OCc1ccc(O)cc1. The minimum Gasteiger partial charge on any atom is -0.508 e. The number of esters is 2. The second-order valence-electron chi connectivity index (χ2n) is 8.61. The summed E-state index contributed by atoms with van der Waals surface area (Å²) in [4.78, 5) is 49.9. The molecule has 0 bridgehead atoms. The van der Waals surface area contributed by atoms with Crippen LogP contribution in [-0.2, 0) is 22.7 Å². The van der Waals surface area contributed by atoms with Gasteiger partial charge in [0.25, 0.3) is 0 Å². The molecule has 0 saturated carbocycles. The molecular weight excluding hydrogens is 552 g/mol. The van der Waals surface area contributed by atoms with Crippen LogP contribution in [0.4, 0.5) is 0 Å². The normalized spacial score (nSPS) is 10.5. The molecule has 0 aliphatic carbocycles. The molecule has 0 aromatic heterocycles. The number of benzene rings is 4. The fourth-order valence-electron chi connectivity index (χ4n) is 3.66. The van der Waals surface area contributed by atoms with Gasteiger partial charge in [-0.3, -0.25) is 0 Å². The number of carbonyl (C=O) groups excluding carboxylic acids is 2. The second kappa shape index (κ2) is 12.7. The van der Waals surface area contributed by atoms with Crippen LogP contribution in [0.5, 0.6) is 11.5 Å². The number of rotatable bonds is 10. The summed E-state index contributed by atoms with van der Waals surface area (Å²) >= 11 is 1.05. The summed E-state index contributed by atoms with van der Waals surface area (Å²) in [5.41, 5.74) is 0.239. The first-order chi connectivity index (χ1) is 19.6. The van der Waals surface area contributed by atoms with Crippen LogP contribution < -0.4 is 0 Å². The van der Waals surface area contributed by atoms with Crippen molar-refractivity contribution in [2.75, 3.05) is 0 Å². The Morgan fingerprint density at radius 3 is 1.41 bits per heavy atom. The van der Waals surface area contributed by atoms with Gasteiger partial charge in [0.2, 0.25) is 0 Å². The number of ether oxygens (including phenoxy) is 2. The van der Waals surface area contributed by atoms with Crippen LogP contribution in [0.25, 0.3) is 0 Å². The summed E-state index contributed by atoms with van der Waals surface area (Å²) in [5, 5.41) is 38.0. The summed E-state index contributed by atoms with van der Waals surface area (Å²) in [7, 11) is 0. The summed E-state index contributed by atoms with van der Waals surface area (Å²) in [6, 6.07) is 20.1. The van der Waals surface area contributed by atoms with Gasteiger partial charge in [-0.1, -0.05) is 36.0 Å². The van der Waals surface area contributed by atoms with Crippen molar-refractivity contribution in [3.8, 4) is 11.5 Å². The van der Waals surface area contributed by atoms with Crippen LogP contribution in [0.3, 0.4) is 0 Å². The first kappa shape index (κ1) is 28.7. The molecule has 0 spiro atoms. The molecular formula is C30H22O10S. The van der Waals surface area contributed by atoms with Gasteiger partial charge in [-0.25, -0.2) is 19.2 Å². The molecule has 0 aliphatic heterocycles. The van der Waals surface area contributed by atoms with E-state index in [1.807, 2.05) is 0 Å². The Hall–Kier alpha value is -5.29. The van der Waals surface area contributed by atoms with Gasteiger partial charge in [0.05, 0.1) is 22.3 Å². The Morgan fingerprint density at radius 2 is 0.951 bits per heavy atom. The van der Waals surface area contributed by atoms with Crippen molar-refractivity contribution in [3.63, 3.8) is 0 Å². The standard InChI is InChI=1S/C30H22O10S/c31-19-5-1-17(2-6-19)15-39-29(37)24-12-10-21(13-25(24)28(35)36)41-22-9-11-23(27(33)34)26(14-22)30(38)40-16-18-3-7-20(32)8-4-18/h1-14,31-32H,15-16H2,(H,33,34)(H,35,36). The lowest BCUT2D eigenvalue weighted by Crippen LogP contribution is -2.12. The fraction of sp³-hybridized carbons (Fsp3) is 0.0667. The number of phenols is 2. The third-order valence-corrected chi connectivity index (χ3v) is 6.71. The van der Waals surface area contributed by atoms with E-state index in [-0.39, 0.29) is 47.0 Å². The van der Waals surface area contributed by atoms with E-state index in [9.17, 15) is 39.6 Å². The summed E-state index contributed by atoms with van der Waals surface area (Å²) in [6.07, 6.45) is 0. The van der Waals surface area contributed by atoms with Gasteiger partial charge in [-0.2, -0.15) is 0 Å². The zero-order valence-electron chi connectivity index (χ0n) is 21.1. The van der Waals surface area contributed by atoms with Gasteiger partial charge in [0.1, 0.15) is 24.7 Å². The molecule has 4 N–H and O–H groups in total. The van der Waals surface area contributed by atoms with E-state index in [2.05, 4.69) is 0 Å². The largest absolute Gasteiger partial charge is 0.508 e. The second-order valence-corrected chi connectivity index (χ2v) is 9.76. The molecule has 4 rings (SSSR count). The molecule has 0 fully saturated rings. The number of phenolic OH excluding ortho intramolecular Hbond substituents is 2. The zero-order valence-corrected chi connectivity index (χ0v) is 22.0. The Bertz CT molecular complexity index is 1610. The van der Waals surface area contributed by atoms with E-state index in [1.54, 1.807) is 24.3 Å². The summed E-state index contributed by atoms with van der Waals surface area (Å²) in [5.74, 6) is -4.32. The van der Waals surface area contributed by atoms with E-state index >= 15 is 0 Å². The number of hydrogen-bond donors (Lipinski definition) is 4. The first-order valence-corrected chi connectivity index (χ1v) is 12.7. The van der Waals surface area contributed by atoms with Crippen LogP contribution in [-0.4, -0.2) is 44.3 Å². The van der Waals surface area contributed by atoms with Crippen molar-refractivity contribution in [2.45, 2.75) is 23.0 Å². The first-order valence-electron chi connectivity index (χ1n) is 11.9. The molecule has 0 unspecified atom stereocenters. The fourth-order valence-corrected chi connectivity index (χ4v) is 4.56. The van der Waals surface area contributed by atoms with E-state index in [4.69, 9.17) is 9.47 Å². The molecule has 4 aromatic carbocycles. The number of carbonyl (C=O) groups is 4. The summed E-state index contributed by atoms with van der Waals surface area (Å²) in [6.45, 7) is -0.280. The average Bonchev–Trinajstić information content (AvgIpc) is 2.96. The number of hydrogen-bond acceptors (Lipinski definition) is 9. The third-order valence-electron chi connectivity index (χ3n) is 5.73. The number of aromatic hydroxyl groups is 2. The highest BCUT2D eigenvalue weighted by Crippen LogP contribution is 2.31. The topological polar surface area (TPSA) is 168 Å².